The van der Waals surface area contributed by atoms with E-state index in [0.717, 1.165) is 6.42 Å². The van der Waals surface area contributed by atoms with Gasteiger partial charge in [-0.05, 0) is 11.8 Å². The van der Waals surface area contributed by atoms with Crippen molar-refractivity contribution in [2.24, 2.45) is 37.5 Å². The first-order chi connectivity index (χ1) is 8.55. The smallest absolute Gasteiger partial charge is 0.226 e. The molecule has 0 rings (SSSR count). The molecule has 0 aromatic heterocycles. The van der Waals surface area contributed by atoms with Crippen molar-refractivity contribution < 1.29 is 0 Å². The summed E-state index contributed by atoms with van der Waals surface area (Å²) in [6, 6.07) is 0. The minimum Gasteiger partial charge on any atom is -0.321 e. The zero-order valence-corrected chi connectivity index (χ0v) is 12.0. The Balaban J connectivity index is 4.43. The maximum Gasteiger partial charge on any atom is 0.226 e. The van der Waals surface area contributed by atoms with Crippen molar-refractivity contribution in [2.75, 3.05) is 11.5 Å². The highest BCUT2D eigenvalue weighted by Crippen LogP contribution is 2.31. The fourth-order valence-electron chi connectivity index (χ4n) is 0.920. The number of thioether (sulfide) groups is 2. The summed E-state index contributed by atoms with van der Waals surface area (Å²) in [5, 5.41) is 13.7. The van der Waals surface area contributed by atoms with Crippen LogP contribution in [-0.2, 0) is 0 Å². The fraction of sp³-hybridized carbons (Fsp3) is 0.750. The highest BCUT2D eigenvalue weighted by molar-refractivity contribution is 8.14. The van der Waals surface area contributed by atoms with E-state index in [1.165, 1.54) is 23.5 Å². The summed E-state index contributed by atoms with van der Waals surface area (Å²) < 4.78 is 0. The molecule has 0 fully saturated rings. The summed E-state index contributed by atoms with van der Waals surface area (Å²) in [5.74, 6) is 11.6. The van der Waals surface area contributed by atoms with Gasteiger partial charge < -0.3 is 11.7 Å². The molecule has 0 radical (unpaired) electrons. The van der Waals surface area contributed by atoms with Crippen LogP contribution in [0.15, 0.2) is 20.4 Å². The van der Waals surface area contributed by atoms with Gasteiger partial charge in [0.2, 0.25) is 10.3 Å². The molecule has 0 aliphatic carbocycles. The van der Waals surface area contributed by atoms with Gasteiger partial charge in [-0.1, -0.05) is 37.4 Å². The molecule has 0 aromatic carbocycles. The standard InChI is InChI=1S/C8H18N8S2/c1-3-8(2,4-17-6(13-9)14-10)5-18-7(15-11)16-12/h9,11H,3-5,10,12H2,1-2H3. The Labute approximate surface area is 114 Å². The number of amidine groups is 2. The second-order valence-electron chi connectivity index (χ2n) is 3.79. The van der Waals surface area contributed by atoms with Crippen LogP contribution < -0.4 is 11.7 Å². The largest absolute Gasteiger partial charge is 0.321 e. The number of nitrogens with zero attached hydrogens (tertiary/aromatic N) is 4. The summed E-state index contributed by atoms with van der Waals surface area (Å²) in [6.45, 7) is 4.15. The number of hydrazone groups is 2. The molecule has 8 nitrogen and oxygen atoms in total. The van der Waals surface area contributed by atoms with Gasteiger partial charge >= 0.3 is 0 Å². The number of nitrogens with one attached hydrogen (secondary N) is 2. The lowest BCUT2D eigenvalue weighted by Crippen LogP contribution is -2.23. The molecule has 6 N–H and O–H groups in total. The first-order valence-corrected chi connectivity index (χ1v) is 7.08. The van der Waals surface area contributed by atoms with E-state index >= 15 is 0 Å². The Hall–Kier alpha value is -1.16. The van der Waals surface area contributed by atoms with E-state index in [1.807, 2.05) is 0 Å². The molecule has 0 aliphatic heterocycles. The highest BCUT2D eigenvalue weighted by Gasteiger charge is 2.24. The average molecular weight is 290 g/mol. The quantitative estimate of drug-likeness (QED) is 0.202. The lowest BCUT2D eigenvalue weighted by molar-refractivity contribution is 0.419. The molecule has 0 aliphatic rings. The topological polar surface area (TPSA) is 149 Å². The molecule has 102 valence electrons. The van der Waals surface area contributed by atoms with Crippen LogP contribution in [0.1, 0.15) is 20.3 Å². The van der Waals surface area contributed by atoms with E-state index < -0.39 is 0 Å². The van der Waals surface area contributed by atoms with Crippen LogP contribution in [0.3, 0.4) is 0 Å². The van der Waals surface area contributed by atoms with E-state index in [4.69, 9.17) is 22.7 Å². The second-order valence-corrected chi connectivity index (χ2v) is 5.67. The van der Waals surface area contributed by atoms with Gasteiger partial charge in [-0.2, -0.15) is 10.2 Å². The highest BCUT2D eigenvalue weighted by atomic mass is 32.2. The van der Waals surface area contributed by atoms with Crippen molar-refractivity contribution in [1.82, 2.24) is 0 Å². The first-order valence-electron chi connectivity index (χ1n) is 5.11. The number of nitrogens with two attached hydrogens (primary N) is 2. The summed E-state index contributed by atoms with van der Waals surface area (Å²) in [6.07, 6.45) is 0.915. The third-order valence-electron chi connectivity index (χ3n) is 2.37. The fourth-order valence-corrected chi connectivity index (χ4v) is 2.90. The molecule has 0 unspecified atom stereocenters. The molecule has 0 amide bonds. The lowest BCUT2D eigenvalue weighted by atomic mass is 9.93. The molecule has 0 bridgehead atoms. The van der Waals surface area contributed by atoms with Gasteiger partial charge in [-0.25, -0.2) is 11.1 Å². The van der Waals surface area contributed by atoms with E-state index in [-0.39, 0.29) is 15.8 Å². The van der Waals surface area contributed by atoms with E-state index in [9.17, 15) is 0 Å². The molecule has 10 heteroatoms. The van der Waals surface area contributed by atoms with Crippen molar-refractivity contribution >= 4 is 33.9 Å². The predicted molar refractivity (Wildman–Crippen MR) is 76.9 cm³/mol. The number of rotatable bonds is 5. The van der Waals surface area contributed by atoms with Crippen LogP contribution in [0.25, 0.3) is 0 Å². The van der Waals surface area contributed by atoms with Gasteiger partial charge in [0.05, 0.1) is 0 Å². The van der Waals surface area contributed by atoms with E-state index in [2.05, 4.69) is 34.3 Å². The minimum atomic E-state index is -0.0312. The Kier molecular flexibility index (Phi) is 8.29. The molecule has 0 heterocycles. The minimum absolute atomic E-state index is 0.0312. The Bertz CT molecular complexity index is 312. The Morgan fingerprint density at radius 1 is 1.06 bits per heavy atom. The lowest BCUT2D eigenvalue weighted by Gasteiger charge is -2.26. The van der Waals surface area contributed by atoms with Crippen molar-refractivity contribution in [1.29, 1.82) is 11.1 Å². The van der Waals surface area contributed by atoms with Crippen molar-refractivity contribution in [3.63, 3.8) is 0 Å². The van der Waals surface area contributed by atoms with Gasteiger partial charge in [-0.15, -0.1) is 10.2 Å². The summed E-state index contributed by atoms with van der Waals surface area (Å²) in [7, 11) is 0. The summed E-state index contributed by atoms with van der Waals surface area (Å²) in [4.78, 5) is 0. The van der Waals surface area contributed by atoms with Gasteiger partial charge in [0.25, 0.3) is 0 Å². The molecular weight excluding hydrogens is 272 g/mol. The first kappa shape index (κ1) is 16.8. The number of hydrogen-bond acceptors (Lipinski definition) is 8. The van der Waals surface area contributed by atoms with Crippen LogP contribution in [0.5, 0.6) is 0 Å². The SMILES string of the molecule is CCC(C)(CSC(N=N)=NN)CSC(N=N)=NN. The molecule has 0 saturated heterocycles. The Morgan fingerprint density at radius 2 is 1.44 bits per heavy atom. The van der Waals surface area contributed by atoms with Gasteiger partial charge in [0.15, 0.2) is 0 Å². The molecule has 0 saturated carbocycles. The molecule has 0 atom stereocenters. The number of hydrogen-bond donors (Lipinski definition) is 4. The molecule has 18 heavy (non-hydrogen) atoms. The normalized spacial score (nSPS) is 16.1. The maximum absolute atomic E-state index is 6.87. The van der Waals surface area contributed by atoms with E-state index in [1.54, 1.807) is 0 Å². The molecule has 0 spiro atoms. The van der Waals surface area contributed by atoms with Crippen molar-refractivity contribution in [2.45, 2.75) is 20.3 Å². The van der Waals surface area contributed by atoms with Crippen LogP contribution in [0, 0.1) is 16.5 Å². The van der Waals surface area contributed by atoms with E-state index in [0.29, 0.717) is 11.5 Å². The van der Waals surface area contributed by atoms with Crippen LogP contribution in [0.2, 0.25) is 0 Å². The third kappa shape index (κ3) is 5.96. The Morgan fingerprint density at radius 3 is 1.67 bits per heavy atom. The van der Waals surface area contributed by atoms with Crippen LogP contribution in [0.4, 0.5) is 0 Å². The maximum atomic E-state index is 6.87. The van der Waals surface area contributed by atoms with Crippen molar-refractivity contribution in [3.8, 4) is 0 Å². The second kappa shape index (κ2) is 8.86. The molecule has 0 aromatic rings. The van der Waals surface area contributed by atoms with Crippen molar-refractivity contribution in [3.05, 3.63) is 0 Å². The molecular formula is C8H18N8S2. The average Bonchev–Trinajstić information content (AvgIpc) is 2.41. The zero-order chi connectivity index (χ0) is 14.0. The van der Waals surface area contributed by atoms with Gasteiger partial charge in [-0.3, -0.25) is 0 Å². The van der Waals surface area contributed by atoms with Gasteiger partial charge in [0.1, 0.15) is 0 Å². The van der Waals surface area contributed by atoms with Crippen LogP contribution >= 0.6 is 23.5 Å². The van der Waals surface area contributed by atoms with Gasteiger partial charge in [0, 0.05) is 11.5 Å². The zero-order valence-electron chi connectivity index (χ0n) is 10.4. The van der Waals surface area contributed by atoms with Crippen LogP contribution in [-0.4, -0.2) is 21.8 Å². The summed E-state index contributed by atoms with van der Waals surface area (Å²) >= 11 is 2.66. The monoisotopic (exact) mass is 290 g/mol. The summed E-state index contributed by atoms with van der Waals surface area (Å²) in [5.41, 5.74) is 13.7. The predicted octanol–water partition coefficient (Wildman–Crippen LogP) is 2.39. The third-order valence-corrected chi connectivity index (χ3v) is 4.96.